The molecule has 2 fully saturated rings. The maximum absolute atomic E-state index is 6.01. The standard InChI is InChI=1S/C29H40O4/c1-4-27(25-11-7-23(8-12-25)15-30-17-28(5-2)19-32-20-28)26-13-9-24(10-14-26)16-31-18-29(6-3)21-33-22-29/h7-14,27H,4-6,15-22H2,1-3H3. The van der Waals surface area contributed by atoms with Crippen LogP contribution >= 0.6 is 0 Å². The molecule has 0 radical (unpaired) electrons. The Morgan fingerprint density at radius 1 is 0.667 bits per heavy atom. The topological polar surface area (TPSA) is 36.9 Å². The van der Waals surface area contributed by atoms with Crippen molar-refractivity contribution in [1.82, 2.24) is 0 Å². The molecule has 0 N–H and O–H groups in total. The third-order valence-corrected chi connectivity index (χ3v) is 7.66. The smallest absolute Gasteiger partial charge is 0.0717 e. The van der Waals surface area contributed by atoms with Gasteiger partial charge in [0.1, 0.15) is 0 Å². The summed E-state index contributed by atoms with van der Waals surface area (Å²) >= 11 is 0. The molecule has 4 rings (SSSR count). The van der Waals surface area contributed by atoms with E-state index in [2.05, 4.69) is 69.3 Å². The van der Waals surface area contributed by atoms with Crippen molar-refractivity contribution in [3.05, 3.63) is 70.8 Å². The predicted molar refractivity (Wildman–Crippen MR) is 131 cm³/mol. The van der Waals surface area contributed by atoms with E-state index in [1.807, 2.05) is 0 Å². The first kappa shape index (κ1) is 24.4. The molecule has 0 spiro atoms. The molecule has 4 heteroatoms. The van der Waals surface area contributed by atoms with Gasteiger partial charge in [-0.15, -0.1) is 0 Å². The lowest BCUT2D eigenvalue weighted by Gasteiger charge is -2.40. The molecule has 0 aliphatic carbocycles. The fourth-order valence-electron chi connectivity index (χ4n) is 4.69. The van der Waals surface area contributed by atoms with Crippen LogP contribution in [-0.4, -0.2) is 39.6 Å². The summed E-state index contributed by atoms with van der Waals surface area (Å²) in [6, 6.07) is 17.9. The van der Waals surface area contributed by atoms with Gasteiger partial charge in [0.15, 0.2) is 0 Å². The number of hydrogen-bond acceptors (Lipinski definition) is 4. The van der Waals surface area contributed by atoms with Crippen LogP contribution in [0.5, 0.6) is 0 Å². The molecule has 0 unspecified atom stereocenters. The second-order valence-corrected chi connectivity index (χ2v) is 10.1. The van der Waals surface area contributed by atoms with Crippen LogP contribution in [0.3, 0.4) is 0 Å². The van der Waals surface area contributed by atoms with Gasteiger partial charge in [0, 0.05) is 16.7 Å². The second-order valence-electron chi connectivity index (χ2n) is 10.1. The van der Waals surface area contributed by atoms with Gasteiger partial charge in [-0.05, 0) is 41.5 Å². The van der Waals surface area contributed by atoms with Crippen molar-refractivity contribution in [2.45, 2.75) is 59.2 Å². The van der Waals surface area contributed by atoms with E-state index >= 15 is 0 Å². The minimum atomic E-state index is 0.244. The fraction of sp³-hybridized carbons (Fsp3) is 0.586. The van der Waals surface area contributed by atoms with Crippen molar-refractivity contribution in [3.63, 3.8) is 0 Å². The molecule has 2 aromatic carbocycles. The van der Waals surface area contributed by atoms with Gasteiger partial charge in [-0.2, -0.15) is 0 Å². The van der Waals surface area contributed by atoms with Crippen molar-refractivity contribution in [1.29, 1.82) is 0 Å². The SMILES string of the molecule is CCC(c1ccc(COCC2(CC)COC2)cc1)c1ccc(COCC2(CC)COC2)cc1. The Kier molecular flexibility index (Phi) is 8.24. The normalized spacial score (nSPS) is 18.7. The van der Waals surface area contributed by atoms with E-state index < -0.39 is 0 Å². The Labute approximate surface area is 199 Å². The molecule has 2 aliphatic heterocycles. The Morgan fingerprint density at radius 2 is 1.06 bits per heavy atom. The van der Waals surface area contributed by atoms with Gasteiger partial charge in [-0.1, -0.05) is 69.3 Å². The van der Waals surface area contributed by atoms with Crippen LogP contribution < -0.4 is 0 Å². The quantitative estimate of drug-likeness (QED) is 0.367. The fourth-order valence-corrected chi connectivity index (χ4v) is 4.69. The zero-order valence-electron chi connectivity index (χ0n) is 20.6. The van der Waals surface area contributed by atoms with Gasteiger partial charge in [-0.25, -0.2) is 0 Å². The third kappa shape index (κ3) is 5.86. The Balaban J connectivity index is 1.28. The highest BCUT2D eigenvalue weighted by Crippen LogP contribution is 2.33. The summed E-state index contributed by atoms with van der Waals surface area (Å²) in [6.07, 6.45) is 3.30. The van der Waals surface area contributed by atoms with Gasteiger partial charge in [-0.3, -0.25) is 0 Å². The first-order valence-electron chi connectivity index (χ1n) is 12.6. The van der Waals surface area contributed by atoms with Crippen LogP contribution in [0.2, 0.25) is 0 Å². The first-order chi connectivity index (χ1) is 16.1. The molecule has 0 atom stereocenters. The number of ether oxygens (including phenoxy) is 4. The van der Waals surface area contributed by atoms with Crippen LogP contribution in [0.15, 0.2) is 48.5 Å². The lowest BCUT2D eigenvalue weighted by molar-refractivity contribution is -0.152. The van der Waals surface area contributed by atoms with Crippen molar-refractivity contribution in [3.8, 4) is 0 Å². The summed E-state index contributed by atoms with van der Waals surface area (Å²) in [6.45, 7) is 12.9. The summed E-state index contributed by atoms with van der Waals surface area (Å²) < 4.78 is 22.8. The average molecular weight is 453 g/mol. The summed E-state index contributed by atoms with van der Waals surface area (Å²) in [7, 11) is 0. The lowest BCUT2D eigenvalue weighted by atomic mass is 9.84. The van der Waals surface area contributed by atoms with E-state index in [1.54, 1.807) is 0 Å². The maximum atomic E-state index is 6.01. The zero-order chi connectivity index (χ0) is 23.2. The summed E-state index contributed by atoms with van der Waals surface area (Å²) in [4.78, 5) is 0. The van der Waals surface area contributed by atoms with Gasteiger partial charge in [0.05, 0.1) is 52.9 Å². The van der Waals surface area contributed by atoms with Crippen molar-refractivity contribution in [2.75, 3.05) is 39.6 Å². The predicted octanol–water partition coefficient (Wildman–Crippen LogP) is 6.11. The lowest BCUT2D eigenvalue weighted by Crippen LogP contribution is -2.45. The van der Waals surface area contributed by atoms with Crippen LogP contribution in [0.25, 0.3) is 0 Å². The molecule has 33 heavy (non-hydrogen) atoms. The van der Waals surface area contributed by atoms with E-state index in [0.717, 1.165) is 58.9 Å². The molecule has 0 amide bonds. The van der Waals surface area contributed by atoms with E-state index in [-0.39, 0.29) is 10.8 Å². The molecule has 0 bridgehead atoms. The van der Waals surface area contributed by atoms with Crippen LogP contribution in [0, 0.1) is 10.8 Å². The van der Waals surface area contributed by atoms with E-state index in [0.29, 0.717) is 19.1 Å². The molecule has 2 saturated heterocycles. The monoisotopic (exact) mass is 452 g/mol. The highest BCUT2D eigenvalue weighted by Gasteiger charge is 2.37. The van der Waals surface area contributed by atoms with Crippen molar-refractivity contribution in [2.24, 2.45) is 10.8 Å². The van der Waals surface area contributed by atoms with Crippen LogP contribution in [0.1, 0.15) is 68.2 Å². The molecule has 2 aromatic rings. The Bertz CT molecular complexity index is 768. The average Bonchev–Trinajstić information content (AvgIpc) is 2.80. The molecule has 0 saturated carbocycles. The molecule has 2 aliphatic rings. The van der Waals surface area contributed by atoms with Gasteiger partial charge in [0.25, 0.3) is 0 Å². The van der Waals surface area contributed by atoms with E-state index in [9.17, 15) is 0 Å². The van der Waals surface area contributed by atoms with Crippen molar-refractivity contribution >= 4 is 0 Å². The summed E-state index contributed by atoms with van der Waals surface area (Å²) in [5, 5.41) is 0. The van der Waals surface area contributed by atoms with Gasteiger partial charge >= 0.3 is 0 Å². The summed E-state index contributed by atoms with van der Waals surface area (Å²) in [5.41, 5.74) is 5.67. The molecular weight excluding hydrogens is 412 g/mol. The highest BCUT2D eigenvalue weighted by atomic mass is 16.5. The molecule has 180 valence electrons. The molecule has 0 aromatic heterocycles. The molecule has 2 heterocycles. The molecular formula is C29H40O4. The summed E-state index contributed by atoms with van der Waals surface area (Å²) in [5.74, 6) is 0.404. The van der Waals surface area contributed by atoms with Gasteiger partial charge in [0.2, 0.25) is 0 Å². The van der Waals surface area contributed by atoms with E-state index in [1.165, 1.54) is 22.3 Å². The zero-order valence-corrected chi connectivity index (χ0v) is 20.6. The van der Waals surface area contributed by atoms with Crippen LogP contribution in [0.4, 0.5) is 0 Å². The minimum Gasteiger partial charge on any atom is -0.380 e. The number of rotatable bonds is 13. The highest BCUT2D eigenvalue weighted by molar-refractivity contribution is 5.35. The van der Waals surface area contributed by atoms with Crippen molar-refractivity contribution < 1.29 is 18.9 Å². The molecule has 4 nitrogen and oxygen atoms in total. The van der Waals surface area contributed by atoms with Gasteiger partial charge < -0.3 is 18.9 Å². The second kappa shape index (κ2) is 11.1. The van der Waals surface area contributed by atoms with Crippen LogP contribution in [-0.2, 0) is 32.2 Å². The third-order valence-electron chi connectivity index (χ3n) is 7.66. The number of hydrogen-bond donors (Lipinski definition) is 0. The maximum Gasteiger partial charge on any atom is 0.0717 e. The van der Waals surface area contributed by atoms with E-state index in [4.69, 9.17) is 18.9 Å². The Morgan fingerprint density at radius 3 is 1.33 bits per heavy atom. The minimum absolute atomic E-state index is 0.244. The Hall–Kier alpha value is -1.72. The largest absolute Gasteiger partial charge is 0.380 e. The first-order valence-corrected chi connectivity index (χ1v) is 12.6. The number of benzene rings is 2.